The van der Waals surface area contributed by atoms with E-state index in [2.05, 4.69) is 38.6 Å². The Labute approximate surface area is 479 Å². The number of hydrogen-bond donors (Lipinski definition) is 0. The normalized spacial score (nSPS) is 11.8. The number of halogens is 6. The third-order valence-corrected chi connectivity index (χ3v) is 15.5. The molecule has 84 heavy (non-hydrogen) atoms. The van der Waals surface area contributed by atoms with Crippen molar-refractivity contribution in [3.05, 3.63) is 276 Å². The van der Waals surface area contributed by atoms with Gasteiger partial charge in [0.25, 0.3) is 0 Å². The van der Waals surface area contributed by atoms with Crippen LogP contribution in [0.2, 0.25) is 0 Å². The van der Waals surface area contributed by atoms with Crippen molar-refractivity contribution < 1.29 is 26.3 Å². The van der Waals surface area contributed by atoms with Crippen LogP contribution in [-0.4, -0.2) is 9.13 Å². The van der Waals surface area contributed by atoms with Gasteiger partial charge in [-0.3, -0.25) is 0 Å². The Bertz CT molecular complexity index is 4510. The highest BCUT2D eigenvalue weighted by atomic mass is 19.4. The van der Waals surface area contributed by atoms with Gasteiger partial charge in [-0.25, -0.2) is 0 Å². The molecule has 0 amide bonds. The van der Waals surface area contributed by atoms with Gasteiger partial charge < -0.3 is 18.9 Å². The highest BCUT2D eigenvalue weighted by molar-refractivity contribution is 6.15. The Morgan fingerprint density at radius 3 is 1.11 bits per heavy atom. The molecule has 0 saturated carbocycles. The number of nitrogens with zero attached hydrogens (tertiary/aromatic N) is 6. The fraction of sp³-hybridized carbons (Fsp3) is 0.0556. The molecule has 406 valence electrons. The third kappa shape index (κ3) is 9.11. The monoisotopic (exact) mass is 1110 g/mol. The van der Waals surface area contributed by atoms with Crippen molar-refractivity contribution in [3.63, 3.8) is 0 Å². The second-order valence-electron chi connectivity index (χ2n) is 20.7. The van der Waals surface area contributed by atoms with Gasteiger partial charge in [-0.05, 0) is 165 Å². The fourth-order valence-electron chi connectivity index (χ4n) is 11.8. The lowest BCUT2D eigenvalue weighted by molar-refractivity contribution is -0.138. The lowest BCUT2D eigenvalue weighted by Gasteiger charge is -2.26. The molecule has 12 heteroatoms. The Balaban J connectivity index is 1.22. The zero-order valence-electron chi connectivity index (χ0n) is 45.0. The van der Waals surface area contributed by atoms with Crippen LogP contribution in [0.5, 0.6) is 0 Å². The predicted molar refractivity (Wildman–Crippen MR) is 324 cm³/mol. The van der Waals surface area contributed by atoms with Crippen LogP contribution in [-0.2, 0) is 12.4 Å². The van der Waals surface area contributed by atoms with Crippen molar-refractivity contribution in [2.75, 3.05) is 9.80 Å². The van der Waals surface area contributed by atoms with Gasteiger partial charge in [-0.2, -0.15) is 36.9 Å². The van der Waals surface area contributed by atoms with Crippen LogP contribution in [0.25, 0.3) is 77.2 Å². The van der Waals surface area contributed by atoms with E-state index < -0.39 is 23.5 Å². The summed E-state index contributed by atoms with van der Waals surface area (Å²) < 4.78 is 92.1. The number of anilines is 6. The molecule has 0 radical (unpaired) electrons. The third-order valence-electron chi connectivity index (χ3n) is 15.5. The number of benzene rings is 11. The number of hydrogen-bond acceptors (Lipinski definition) is 4. The molecule has 0 aliphatic heterocycles. The number of aromatic nitrogens is 2. The van der Waals surface area contributed by atoms with Gasteiger partial charge in [-0.15, -0.1) is 0 Å². The number of fused-ring (bicyclic) bond motifs is 6. The summed E-state index contributed by atoms with van der Waals surface area (Å²) >= 11 is 0. The number of rotatable bonds is 10. The van der Waals surface area contributed by atoms with E-state index in [1.807, 2.05) is 190 Å². The number of alkyl halides is 6. The van der Waals surface area contributed by atoms with Crippen molar-refractivity contribution in [1.82, 2.24) is 9.13 Å². The molecule has 0 spiro atoms. The molecule has 0 fully saturated rings. The van der Waals surface area contributed by atoms with Gasteiger partial charge in [0.05, 0.1) is 67.8 Å². The molecule has 2 aromatic heterocycles. The van der Waals surface area contributed by atoms with Crippen molar-refractivity contribution in [2.45, 2.75) is 26.2 Å². The van der Waals surface area contributed by atoms with Gasteiger partial charge in [0.15, 0.2) is 0 Å². The standard InChI is InChI=1S/C72H46F6N6/c1-45-23-29-57(47(37-45)43-79)59-31-36-68(83-64-32-25-49(71(73,74)75)39-60(64)61-40-50(72(76,77)78)26-33-65(61)83)69(58-30-24-46(2)38-48(58)44-80)70(59)84-66-34-27-55(81(51-15-7-3-8-16-51)52-17-9-4-10-18-52)41-62(66)63-42-56(28-35-67(63)84)82(53-19-11-5-12-20-53)54-21-13-6-14-22-54/h3-42H,1-2H3. The summed E-state index contributed by atoms with van der Waals surface area (Å²) in [6, 6.07) is 78.4. The first kappa shape index (κ1) is 52.5. The summed E-state index contributed by atoms with van der Waals surface area (Å²) in [6.45, 7) is 3.76. The molecule has 0 unspecified atom stereocenters. The first-order valence-corrected chi connectivity index (χ1v) is 27.0. The molecule has 13 rings (SSSR count). The van der Waals surface area contributed by atoms with Crippen LogP contribution in [0.1, 0.15) is 33.4 Å². The summed E-state index contributed by atoms with van der Waals surface area (Å²) in [5.41, 5.74) is 10.1. The molecule has 11 aromatic carbocycles. The first-order valence-electron chi connectivity index (χ1n) is 27.0. The van der Waals surface area contributed by atoms with E-state index >= 15 is 0 Å². The second-order valence-corrected chi connectivity index (χ2v) is 20.7. The Hall–Kier alpha value is -10.8. The van der Waals surface area contributed by atoms with E-state index in [-0.39, 0.29) is 27.4 Å². The molecule has 0 aliphatic rings. The summed E-state index contributed by atoms with van der Waals surface area (Å²) in [4.78, 5) is 4.36. The summed E-state index contributed by atoms with van der Waals surface area (Å²) in [5.74, 6) is 0. The van der Waals surface area contributed by atoms with Crippen LogP contribution < -0.4 is 9.80 Å². The van der Waals surface area contributed by atoms with Gasteiger partial charge in [0.1, 0.15) is 0 Å². The average molecular weight is 1110 g/mol. The number of nitriles is 2. The maximum Gasteiger partial charge on any atom is 0.416 e. The maximum absolute atomic E-state index is 14.7. The minimum atomic E-state index is -4.82. The van der Waals surface area contributed by atoms with E-state index in [1.165, 1.54) is 12.1 Å². The van der Waals surface area contributed by atoms with Crippen LogP contribution in [0.3, 0.4) is 0 Å². The molecule has 0 atom stereocenters. The number of aryl methyl sites for hydroxylation is 2. The fourth-order valence-corrected chi connectivity index (χ4v) is 11.8. The van der Waals surface area contributed by atoms with Gasteiger partial charge in [0, 0.05) is 77.9 Å². The Morgan fingerprint density at radius 1 is 0.345 bits per heavy atom. The van der Waals surface area contributed by atoms with Crippen LogP contribution in [0.15, 0.2) is 243 Å². The molecule has 13 aromatic rings. The average Bonchev–Trinajstić information content (AvgIpc) is 1.94. The quantitative estimate of drug-likeness (QED) is 0.128. The van der Waals surface area contributed by atoms with E-state index in [1.54, 1.807) is 22.8 Å². The van der Waals surface area contributed by atoms with Crippen molar-refractivity contribution in [3.8, 4) is 45.8 Å². The van der Waals surface area contributed by atoms with E-state index in [4.69, 9.17) is 0 Å². The van der Waals surface area contributed by atoms with Crippen molar-refractivity contribution >= 4 is 77.7 Å². The lowest BCUT2D eigenvalue weighted by Crippen LogP contribution is -2.10. The SMILES string of the molecule is Cc1ccc(-c2ccc(-n3c4ccc(C(F)(F)F)cc4c4cc(C(F)(F)F)ccc43)c(-c3ccc(C)cc3C#N)c2-n2c3ccc(N(c4ccccc4)c4ccccc4)cc3c3cc(N(c4ccccc4)c4ccccc4)ccc32)c(C#N)c1. The van der Waals surface area contributed by atoms with Crippen LogP contribution in [0.4, 0.5) is 60.5 Å². The van der Waals surface area contributed by atoms with Crippen LogP contribution >= 0.6 is 0 Å². The van der Waals surface area contributed by atoms with Crippen molar-refractivity contribution in [2.24, 2.45) is 0 Å². The second kappa shape index (κ2) is 20.6. The summed E-state index contributed by atoms with van der Waals surface area (Å²) in [5, 5.41) is 23.8. The topological polar surface area (TPSA) is 63.9 Å². The Kier molecular flexibility index (Phi) is 12.9. The van der Waals surface area contributed by atoms with Crippen molar-refractivity contribution in [1.29, 1.82) is 10.5 Å². The highest BCUT2D eigenvalue weighted by Crippen LogP contribution is 2.50. The minimum Gasteiger partial charge on any atom is -0.310 e. The smallest absolute Gasteiger partial charge is 0.310 e. The molecule has 0 bridgehead atoms. The molecule has 0 N–H and O–H groups in total. The molecule has 2 heterocycles. The van der Waals surface area contributed by atoms with E-state index in [9.17, 15) is 36.9 Å². The first-order chi connectivity index (χ1) is 40.7. The number of para-hydroxylation sites is 4. The van der Waals surface area contributed by atoms with Gasteiger partial charge >= 0.3 is 12.4 Å². The van der Waals surface area contributed by atoms with E-state index in [0.29, 0.717) is 50.2 Å². The molecular formula is C72H46F6N6. The predicted octanol–water partition coefficient (Wildman–Crippen LogP) is 20.6. The zero-order valence-corrected chi connectivity index (χ0v) is 45.0. The van der Waals surface area contributed by atoms with Gasteiger partial charge in [0.2, 0.25) is 0 Å². The summed E-state index contributed by atoms with van der Waals surface area (Å²) in [6.07, 6.45) is -9.65. The highest BCUT2D eigenvalue weighted by Gasteiger charge is 2.35. The van der Waals surface area contributed by atoms with E-state index in [0.717, 1.165) is 80.3 Å². The Morgan fingerprint density at radius 2 is 0.702 bits per heavy atom. The maximum atomic E-state index is 14.7. The minimum absolute atomic E-state index is 0.0584. The molecule has 0 aliphatic carbocycles. The largest absolute Gasteiger partial charge is 0.416 e. The summed E-state index contributed by atoms with van der Waals surface area (Å²) in [7, 11) is 0. The molecule has 0 saturated heterocycles. The van der Waals surface area contributed by atoms with Crippen LogP contribution in [0, 0.1) is 36.5 Å². The molecule has 6 nitrogen and oxygen atoms in total. The van der Waals surface area contributed by atoms with Gasteiger partial charge in [-0.1, -0.05) is 103 Å². The lowest BCUT2D eigenvalue weighted by atomic mass is 9.89. The molecular weight excluding hydrogens is 1060 g/mol. The zero-order chi connectivity index (χ0) is 58.0.